The predicted octanol–water partition coefficient (Wildman–Crippen LogP) is 3.94. The number of nitrogen functional groups attached to an aromatic ring is 1. The molecule has 0 atom stereocenters. The maximum Gasteiger partial charge on any atom is 0.148 e. The van der Waals surface area contributed by atoms with E-state index in [0.717, 1.165) is 6.07 Å². The van der Waals surface area contributed by atoms with Crippen LogP contribution >= 0.6 is 11.6 Å². The number of halogens is 3. The van der Waals surface area contributed by atoms with Crippen LogP contribution in [-0.4, -0.2) is 0 Å². The van der Waals surface area contributed by atoms with Crippen molar-refractivity contribution in [2.45, 2.75) is 0 Å². The monoisotopic (exact) mass is 254 g/mol. The van der Waals surface area contributed by atoms with E-state index in [0.29, 0.717) is 5.69 Å². The van der Waals surface area contributed by atoms with Crippen LogP contribution in [0.4, 0.5) is 25.8 Å². The first-order valence-electron chi connectivity index (χ1n) is 4.83. The Morgan fingerprint density at radius 3 is 2.53 bits per heavy atom. The number of nitrogens with one attached hydrogen (secondary N) is 1. The first-order chi connectivity index (χ1) is 8.06. The van der Waals surface area contributed by atoms with Crippen molar-refractivity contribution < 1.29 is 8.78 Å². The molecule has 0 radical (unpaired) electrons. The molecule has 88 valence electrons. The van der Waals surface area contributed by atoms with E-state index in [1.807, 2.05) is 0 Å². The molecule has 17 heavy (non-hydrogen) atoms. The smallest absolute Gasteiger partial charge is 0.148 e. The van der Waals surface area contributed by atoms with E-state index in [1.54, 1.807) is 6.07 Å². The molecule has 0 spiro atoms. The molecule has 2 aromatic carbocycles. The number of nitrogens with two attached hydrogens (primary N) is 1. The molecule has 0 fully saturated rings. The second kappa shape index (κ2) is 4.59. The van der Waals surface area contributed by atoms with Crippen molar-refractivity contribution in [3.8, 4) is 0 Å². The second-order valence-electron chi connectivity index (χ2n) is 3.49. The highest BCUT2D eigenvalue weighted by atomic mass is 35.5. The minimum absolute atomic E-state index is 0.106. The van der Waals surface area contributed by atoms with Gasteiger partial charge in [-0.1, -0.05) is 17.7 Å². The number of hydrogen-bond acceptors (Lipinski definition) is 2. The van der Waals surface area contributed by atoms with Gasteiger partial charge in [0, 0.05) is 10.7 Å². The third-order valence-electron chi connectivity index (χ3n) is 2.18. The van der Waals surface area contributed by atoms with Gasteiger partial charge in [-0.15, -0.1) is 0 Å². The zero-order valence-corrected chi connectivity index (χ0v) is 9.43. The van der Waals surface area contributed by atoms with E-state index in [4.69, 9.17) is 17.3 Å². The maximum atomic E-state index is 13.5. The molecule has 0 unspecified atom stereocenters. The number of benzene rings is 2. The van der Waals surface area contributed by atoms with Crippen LogP contribution in [0.25, 0.3) is 0 Å². The van der Waals surface area contributed by atoms with Crippen LogP contribution in [0.3, 0.4) is 0 Å². The summed E-state index contributed by atoms with van der Waals surface area (Å²) in [5.41, 5.74) is 6.30. The Hall–Kier alpha value is -1.81. The SMILES string of the molecule is Nc1cccc(F)c1Nc1cc(F)cc(Cl)c1. The van der Waals surface area contributed by atoms with Gasteiger partial charge in [0.15, 0.2) is 0 Å². The Kier molecular flexibility index (Phi) is 3.15. The van der Waals surface area contributed by atoms with E-state index in [-0.39, 0.29) is 16.4 Å². The van der Waals surface area contributed by atoms with Crippen LogP contribution in [0.1, 0.15) is 0 Å². The van der Waals surface area contributed by atoms with Crippen LogP contribution in [0.2, 0.25) is 5.02 Å². The lowest BCUT2D eigenvalue weighted by Crippen LogP contribution is -1.99. The highest BCUT2D eigenvalue weighted by Crippen LogP contribution is 2.27. The van der Waals surface area contributed by atoms with Gasteiger partial charge in [-0.05, 0) is 30.3 Å². The minimum Gasteiger partial charge on any atom is -0.397 e. The molecule has 0 amide bonds. The topological polar surface area (TPSA) is 38.0 Å². The van der Waals surface area contributed by atoms with Gasteiger partial charge in [0.2, 0.25) is 0 Å². The van der Waals surface area contributed by atoms with Crippen molar-refractivity contribution in [3.63, 3.8) is 0 Å². The van der Waals surface area contributed by atoms with E-state index in [2.05, 4.69) is 5.32 Å². The molecule has 0 aliphatic carbocycles. The summed E-state index contributed by atoms with van der Waals surface area (Å²) in [6.45, 7) is 0. The second-order valence-corrected chi connectivity index (χ2v) is 3.92. The third kappa shape index (κ3) is 2.65. The van der Waals surface area contributed by atoms with Gasteiger partial charge in [-0.3, -0.25) is 0 Å². The molecular weight excluding hydrogens is 246 g/mol. The lowest BCUT2D eigenvalue weighted by Gasteiger charge is -2.10. The number of para-hydroxylation sites is 1. The Bertz CT molecular complexity index is 518. The van der Waals surface area contributed by atoms with Crippen LogP contribution in [0.5, 0.6) is 0 Å². The summed E-state index contributed by atoms with van der Waals surface area (Å²) in [4.78, 5) is 0. The molecule has 0 aliphatic rings. The molecule has 0 heterocycles. The standard InChI is InChI=1S/C12H9ClF2N2/c13-7-4-8(14)6-9(5-7)17-12-10(15)2-1-3-11(12)16/h1-6,17H,16H2. The third-order valence-corrected chi connectivity index (χ3v) is 2.40. The summed E-state index contributed by atoms with van der Waals surface area (Å²) in [6.07, 6.45) is 0. The van der Waals surface area contributed by atoms with Gasteiger partial charge in [0.1, 0.15) is 11.6 Å². The van der Waals surface area contributed by atoms with Crippen molar-refractivity contribution in [3.05, 3.63) is 53.1 Å². The van der Waals surface area contributed by atoms with Gasteiger partial charge >= 0.3 is 0 Å². The van der Waals surface area contributed by atoms with Gasteiger partial charge in [-0.25, -0.2) is 8.78 Å². The lowest BCUT2D eigenvalue weighted by molar-refractivity contribution is 0.627. The number of anilines is 3. The summed E-state index contributed by atoms with van der Waals surface area (Å²) >= 11 is 5.69. The molecular formula is C12H9ClF2N2. The Balaban J connectivity index is 2.38. The van der Waals surface area contributed by atoms with Crippen molar-refractivity contribution >= 4 is 28.7 Å². The van der Waals surface area contributed by atoms with Crippen LogP contribution in [0, 0.1) is 11.6 Å². The quantitative estimate of drug-likeness (QED) is 0.797. The summed E-state index contributed by atoms with van der Waals surface area (Å²) in [5.74, 6) is -1.01. The molecule has 0 saturated heterocycles. The summed E-state index contributed by atoms with van der Waals surface area (Å²) < 4.78 is 26.6. The lowest BCUT2D eigenvalue weighted by atomic mass is 10.2. The first kappa shape index (κ1) is 11.7. The molecule has 0 saturated carbocycles. The Labute approximate surface area is 102 Å². The fraction of sp³-hybridized carbons (Fsp3) is 0. The highest BCUT2D eigenvalue weighted by molar-refractivity contribution is 6.30. The van der Waals surface area contributed by atoms with Crippen molar-refractivity contribution in [1.29, 1.82) is 0 Å². The average Bonchev–Trinajstić information content (AvgIpc) is 2.22. The fourth-order valence-electron chi connectivity index (χ4n) is 1.44. The van der Waals surface area contributed by atoms with E-state index >= 15 is 0 Å². The maximum absolute atomic E-state index is 13.5. The van der Waals surface area contributed by atoms with Gasteiger partial charge in [-0.2, -0.15) is 0 Å². The molecule has 5 heteroatoms. The van der Waals surface area contributed by atoms with E-state index < -0.39 is 11.6 Å². The predicted molar refractivity (Wildman–Crippen MR) is 65.5 cm³/mol. The zero-order valence-electron chi connectivity index (χ0n) is 8.68. The Morgan fingerprint density at radius 1 is 1.12 bits per heavy atom. The van der Waals surface area contributed by atoms with Crippen LogP contribution in [0.15, 0.2) is 36.4 Å². The first-order valence-corrected chi connectivity index (χ1v) is 5.21. The average molecular weight is 255 g/mol. The molecule has 2 aromatic rings. The van der Waals surface area contributed by atoms with Gasteiger partial charge < -0.3 is 11.1 Å². The largest absolute Gasteiger partial charge is 0.397 e. The molecule has 0 aliphatic heterocycles. The van der Waals surface area contributed by atoms with E-state index in [9.17, 15) is 8.78 Å². The summed E-state index contributed by atoms with van der Waals surface area (Å²) in [6, 6.07) is 8.16. The van der Waals surface area contributed by atoms with Gasteiger partial charge in [0.25, 0.3) is 0 Å². The van der Waals surface area contributed by atoms with Crippen molar-refractivity contribution in [1.82, 2.24) is 0 Å². The van der Waals surface area contributed by atoms with E-state index in [1.165, 1.54) is 24.3 Å². The number of hydrogen-bond donors (Lipinski definition) is 2. The molecule has 3 N–H and O–H groups in total. The van der Waals surface area contributed by atoms with Crippen LogP contribution in [-0.2, 0) is 0 Å². The zero-order chi connectivity index (χ0) is 12.4. The van der Waals surface area contributed by atoms with Crippen molar-refractivity contribution in [2.75, 3.05) is 11.1 Å². The molecule has 0 bridgehead atoms. The summed E-state index contributed by atoms with van der Waals surface area (Å²) in [7, 11) is 0. The Morgan fingerprint density at radius 2 is 1.88 bits per heavy atom. The number of rotatable bonds is 2. The fourth-order valence-corrected chi connectivity index (χ4v) is 1.66. The molecule has 2 rings (SSSR count). The molecule has 0 aromatic heterocycles. The van der Waals surface area contributed by atoms with Gasteiger partial charge in [0.05, 0.1) is 11.4 Å². The highest BCUT2D eigenvalue weighted by Gasteiger charge is 2.07. The normalized spacial score (nSPS) is 10.3. The summed E-state index contributed by atoms with van der Waals surface area (Å²) in [5, 5.41) is 2.92. The van der Waals surface area contributed by atoms with Crippen LogP contribution < -0.4 is 11.1 Å². The minimum atomic E-state index is -0.509. The van der Waals surface area contributed by atoms with Crippen molar-refractivity contribution in [2.24, 2.45) is 0 Å². The molecule has 2 nitrogen and oxygen atoms in total.